The molecule has 4 aromatic rings. The molecule has 0 saturated carbocycles. The third kappa shape index (κ3) is 3.22. The van der Waals surface area contributed by atoms with Crippen molar-refractivity contribution in [3.05, 3.63) is 71.5 Å². The average molecular weight is 400 g/mol. The number of rotatable bonds is 5. The van der Waals surface area contributed by atoms with Crippen LogP contribution in [0.5, 0.6) is 5.75 Å². The number of primary amides is 1. The van der Waals surface area contributed by atoms with Gasteiger partial charge in [-0.15, -0.1) is 0 Å². The van der Waals surface area contributed by atoms with Crippen molar-refractivity contribution < 1.29 is 9.53 Å². The molecule has 3 N–H and O–H groups in total. The van der Waals surface area contributed by atoms with Crippen molar-refractivity contribution in [1.82, 2.24) is 19.7 Å². The topological polar surface area (TPSA) is 108 Å². The molecule has 150 valence electrons. The summed E-state index contributed by atoms with van der Waals surface area (Å²) in [6.07, 6.45) is 3.32. The van der Waals surface area contributed by atoms with Gasteiger partial charge in [0.05, 0.1) is 29.6 Å². The molecule has 1 amide bonds. The molecule has 0 radical (unpaired) electrons. The number of nitrogens with two attached hydrogens (primary N) is 1. The molecule has 1 aliphatic rings. The second-order valence-corrected chi connectivity index (χ2v) is 7.10. The molecule has 8 nitrogen and oxygen atoms in total. The minimum atomic E-state index is -0.495. The summed E-state index contributed by atoms with van der Waals surface area (Å²) in [7, 11) is 0. The Hall–Kier alpha value is -3.94. The summed E-state index contributed by atoms with van der Waals surface area (Å²) in [5.41, 5.74) is 8.62. The van der Waals surface area contributed by atoms with E-state index < -0.39 is 5.91 Å². The third-order valence-electron chi connectivity index (χ3n) is 5.10. The van der Waals surface area contributed by atoms with E-state index >= 15 is 0 Å². The molecule has 1 aliphatic heterocycles. The SMILES string of the molecule is NC(=O)c1cccc2c1cnn2-c1nc2c(c(NCc3ccccc3)n1)OCCC2. The maximum Gasteiger partial charge on any atom is 0.253 e. The van der Waals surface area contributed by atoms with Crippen molar-refractivity contribution in [1.29, 1.82) is 0 Å². The fourth-order valence-electron chi connectivity index (χ4n) is 3.64. The molecule has 0 fully saturated rings. The van der Waals surface area contributed by atoms with Gasteiger partial charge in [0, 0.05) is 11.9 Å². The van der Waals surface area contributed by atoms with Gasteiger partial charge in [-0.2, -0.15) is 14.8 Å². The molecule has 30 heavy (non-hydrogen) atoms. The van der Waals surface area contributed by atoms with Gasteiger partial charge in [-0.3, -0.25) is 4.79 Å². The molecule has 0 spiro atoms. The molecular weight excluding hydrogens is 380 g/mol. The van der Waals surface area contributed by atoms with Crippen molar-refractivity contribution in [2.24, 2.45) is 5.73 Å². The lowest BCUT2D eigenvalue weighted by atomic mass is 10.1. The van der Waals surface area contributed by atoms with Gasteiger partial charge in [0.2, 0.25) is 5.91 Å². The summed E-state index contributed by atoms with van der Waals surface area (Å²) in [5, 5.41) is 8.48. The van der Waals surface area contributed by atoms with Gasteiger partial charge in [-0.05, 0) is 30.5 Å². The maximum absolute atomic E-state index is 11.8. The molecule has 3 heterocycles. The van der Waals surface area contributed by atoms with E-state index in [2.05, 4.69) is 22.5 Å². The first-order valence-corrected chi connectivity index (χ1v) is 9.79. The Kier molecular flexibility index (Phi) is 4.51. The second kappa shape index (κ2) is 7.47. The lowest BCUT2D eigenvalue weighted by Gasteiger charge is -2.20. The van der Waals surface area contributed by atoms with E-state index in [9.17, 15) is 4.79 Å². The lowest BCUT2D eigenvalue weighted by Crippen LogP contribution is -2.17. The smallest absolute Gasteiger partial charge is 0.253 e. The number of carbonyl (C=O) groups excluding carboxylic acids is 1. The zero-order valence-corrected chi connectivity index (χ0v) is 16.2. The van der Waals surface area contributed by atoms with Gasteiger partial charge in [-0.25, -0.2) is 4.98 Å². The number of aromatic nitrogens is 4. The summed E-state index contributed by atoms with van der Waals surface area (Å²) in [5.74, 6) is 1.25. The van der Waals surface area contributed by atoms with E-state index in [0.717, 1.165) is 29.6 Å². The Morgan fingerprint density at radius 3 is 2.83 bits per heavy atom. The predicted octanol–water partition coefficient (Wildman–Crippen LogP) is 2.85. The number of benzene rings is 2. The van der Waals surface area contributed by atoms with Gasteiger partial charge >= 0.3 is 0 Å². The van der Waals surface area contributed by atoms with E-state index in [-0.39, 0.29) is 0 Å². The fraction of sp³-hybridized carbons (Fsp3) is 0.182. The monoisotopic (exact) mass is 400 g/mol. The van der Waals surface area contributed by atoms with Crippen LogP contribution >= 0.6 is 0 Å². The number of hydrogen-bond acceptors (Lipinski definition) is 6. The largest absolute Gasteiger partial charge is 0.488 e. The summed E-state index contributed by atoms with van der Waals surface area (Å²) < 4.78 is 7.50. The number of anilines is 1. The highest BCUT2D eigenvalue weighted by molar-refractivity contribution is 6.05. The quantitative estimate of drug-likeness (QED) is 0.533. The molecule has 0 unspecified atom stereocenters. The minimum Gasteiger partial charge on any atom is -0.488 e. The third-order valence-corrected chi connectivity index (χ3v) is 5.10. The molecule has 8 heteroatoms. The van der Waals surface area contributed by atoms with Gasteiger partial charge in [-0.1, -0.05) is 36.4 Å². The number of ether oxygens (including phenoxy) is 1. The Morgan fingerprint density at radius 2 is 2.00 bits per heavy atom. The average Bonchev–Trinajstić information content (AvgIpc) is 3.22. The van der Waals surface area contributed by atoms with Crippen LogP contribution in [0.4, 0.5) is 5.82 Å². The van der Waals surface area contributed by atoms with Gasteiger partial charge in [0.25, 0.3) is 5.95 Å². The molecule has 0 atom stereocenters. The standard InChI is InChI=1S/C22H20N6O2/c23-20(29)15-8-4-10-18-16(15)13-25-28(18)22-26-17-9-5-11-30-19(17)21(27-22)24-12-14-6-2-1-3-7-14/h1-4,6-8,10,13H,5,9,11-12H2,(H2,23,29)(H,24,26,27). The Morgan fingerprint density at radius 1 is 1.13 bits per heavy atom. The van der Waals surface area contributed by atoms with E-state index in [1.54, 1.807) is 23.0 Å². The van der Waals surface area contributed by atoms with Gasteiger partial charge in [0.15, 0.2) is 11.6 Å². The van der Waals surface area contributed by atoms with Crippen LogP contribution < -0.4 is 15.8 Å². The van der Waals surface area contributed by atoms with Crippen LogP contribution in [0.25, 0.3) is 16.9 Å². The highest BCUT2D eigenvalue weighted by Gasteiger charge is 2.21. The Bertz CT molecular complexity index is 1240. The molecule has 5 rings (SSSR count). The molecule has 0 aliphatic carbocycles. The van der Waals surface area contributed by atoms with Crippen molar-refractivity contribution in [3.8, 4) is 11.7 Å². The summed E-state index contributed by atoms with van der Waals surface area (Å²) in [6, 6.07) is 15.4. The molecular formula is C22H20N6O2. The molecule has 0 bridgehead atoms. The van der Waals surface area contributed by atoms with Crippen molar-refractivity contribution >= 4 is 22.6 Å². The number of carbonyl (C=O) groups is 1. The van der Waals surface area contributed by atoms with Crippen LogP contribution in [-0.2, 0) is 13.0 Å². The highest BCUT2D eigenvalue weighted by atomic mass is 16.5. The zero-order chi connectivity index (χ0) is 20.5. The van der Waals surface area contributed by atoms with Crippen molar-refractivity contribution in [3.63, 3.8) is 0 Å². The van der Waals surface area contributed by atoms with Crippen LogP contribution in [0.2, 0.25) is 0 Å². The summed E-state index contributed by atoms with van der Waals surface area (Å²) in [6.45, 7) is 1.25. The number of nitrogens with zero attached hydrogens (tertiary/aromatic N) is 4. The van der Waals surface area contributed by atoms with Crippen LogP contribution in [0.15, 0.2) is 54.7 Å². The first-order chi connectivity index (χ1) is 14.7. The highest BCUT2D eigenvalue weighted by Crippen LogP contribution is 2.32. The van der Waals surface area contributed by atoms with Crippen molar-refractivity contribution in [2.75, 3.05) is 11.9 Å². The Labute approximate surface area is 172 Å². The number of hydrogen-bond donors (Lipinski definition) is 2. The lowest BCUT2D eigenvalue weighted by molar-refractivity contribution is 0.100. The number of amides is 1. The fourth-order valence-corrected chi connectivity index (χ4v) is 3.64. The van der Waals surface area contributed by atoms with Crippen LogP contribution in [0, 0.1) is 0 Å². The minimum absolute atomic E-state index is 0.419. The number of aryl methyl sites for hydroxylation is 1. The van der Waals surface area contributed by atoms with E-state index in [1.807, 2.05) is 24.3 Å². The van der Waals surface area contributed by atoms with Crippen LogP contribution in [0.1, 0.15) is 28.0 Å². The van der Waals surface area contributed by atoms with Crippen LogP contribution in [-0.4, -0.2) is 32.3 Å². The van der Waals surface area contributed by atoms with Crippen LogP contribution in [0.3, 0.4) is 0 Å². The molecule has 0 saturated heterocycles. The van der Waals surface area contributed by atoms with E-state index in [0.29, 0.717) is 41.6 Å². The summed E-state index contributed by atoms with van der Waals surface area (Å²) >= 11 is 0. The zero-order valence-electron chi connectivity index (χ0n) is 16.2. The Balaban J connectivity index is 1.58. The van der Waals surface area contributed by atoms with Gasteiger partial charge < -0.3 is 15.8 Å². The molecule has 2 aromatic carbocycles. The van der Waals surface area contributed by atoms with Gasteiger partial charge in [0.1, 0.15) is 0 Å². The number of fused-ring (bicyclic) bond motifs is 2. The van der Waals surface area contributed by atoms with E-state index in [1.165, 1.54) is 0 Å². The first-order valence-electron chi connectivity index (χ1n) is 9.79. The predicted molar refractivity (Wildman–Crippen MR) is 113 cm³/mol. The molecule has 2 aromatic heterocycles. The summed E-state index contributed by atoms with van der Waals surface area (Å²) in [4.78, 5) is 21.2. The van der Waals surface area contributed by atoms with Crippen molar-refractivity contribution in [2.45, 2.75) is 19.4 Å². The first kappa shape index (κ1) is 18.1. The maximum atomic E-state index is 11.8. The number of nitrogens with one attached hydrogen (secondary N) is 1. The normalized spacial score (nSPS) is 12.9. The van der Waals surface area contributed by atoms with E-state index in [4.69, 9.17) is 20.4 Å². The second-order valence-electron chi connectivity index (χ2n) is 7.10.